The van der Waals surface area contributed by atoms with E-state index >= 15 is 0 Å². The highest BCUT2D eigenvalue weighted by Crippen LogP contribution is 2.15. The van der Waals surface area contributed by atoms with Crippen molar-refractivity contribution in [3.05, 3.63) is 11.6 Å². The molecule has 0 radical (unpaired) electrons. The predicted molar refractivity (Wildman–Crippen MR) is 77.2 cm³/mol. The first-order valence-electron chi connectivity index (χ1n) is 7.48. The van der Waals surface area contributed by atoms with Crippen LogP contribution in [0.1, 0.15) is 51.7 Å². The number of nitrogens with zero attached hydrogens (tertiary/aromatic N) is 3. The van der Waals surface area contributed by atoms with E-state index < -0.39 is 5.54 Å². The molecule has 0 spiro atoms. The Morgan fingerprint density at radius 2 is 2.30 bits per heavy atom. The van der Waals surface area contributed by atoms with Crippen LogP contribution in [0.4, 0.5) is 0 Å². The van der Waals surface area contributed by atoms with E-state index in [-0.39, 0.29) is 11.9 Å². The minimum absolute atomic E-state index is 0.0661. The molecular weight excluding hydrogens is 254 g/mol. The Hall–Kier alpha value is -1.43. The van der Waals surface area contributed by atoms with Crippen LogP contribution in [-0.2, 0) is 24.2 Å². The van der Waals surface area contributed by atoms with E-state index in [1.54, 1.807) is 6.92 Å². The van der Waals surface area contributed by atoms with Gasteiger partial charge in [-0.1, -0.05) is 20.3 Å². The van der Waals surface area contributed by atoms with E-state index in [9.17, 15) is 4.79 Å². The molecule has 1 aliphatic heterocycles. The van der Waals surface area contributed by atoms with Crippen LogP contribution in [0.3, 0.4) is 0 Å². The van der Waals surface area contributed by atoms with Crippen LogP contribution in [0.2, 0.25) is 0 Å². The van der Waals surface area contributed by atoms with E-state index in [2.05, 4.69) is 15.4 Å². The molecule has 20 heavy (non-hydrogen) atoms. The second-order valence-electron chi connectivity index (χ2n) is 5.86. The van der Waals surface area contributed by atoms with E-state index in [4.69, 9.17) is 5.73 Å². The SMILES string of the molecule is CCCC(C)(N)C(=O)NC1CCc2nc(CC)nn2C1. The lowest BCUT2D eigenvalue weighted by atomic mass is 9.95. The van der Waals surface area contributed by atoms with Gasteiger partial charge < -0.3 is 11.1 Å². The number of rotatable bonds is 5. The molecule has 6 nitrogen and oxygen atoms in total. The smallest absolute Gasteiger partial charge is 0.240 e. The van der Waals surface area contributed by atoms with E-state index in [0.717, 1.165) is 37.3 Å². The van der Waals surface area contributed by atoms with Crippen molar-refractivity contribution >= 4 is 5.91 Å². The van der Waals surface area contributed by atoms with Crippen molar-refractivity contribution in [2.24, 2.45) is 5.73 Å². The maximum absolute atomic E-state index is 12.2. The Morgan fingerprint density at radius 3 is 2.95 bits per heavy atom. The Kier molecular flexibility index (Phi) is 4.42. The summed E-state index contributed by atoms with van der Waals surface area (Å²) >= 11 is 0. The highest BCUT2D eigenvalue weighted by molar-refractivity contribution is 5.85. The lowest BCUT2D eigenvalue weighted by molar-refractivity contribution is -0.127. The van der Waals surface area contributed by atoms with Gasteiger partial charge in [-0.2, -0.15) is 5.10 Å². The molecule has 2 atom stereocenters. The Balaban J connectivity index is 1.97. The summed E-state index contributed by atoms with van der Waals surface area (Å²) in [6, 6.07) is 0.0983. The second kappa shape index (κ2) is 5.91. The van der Waals surface area contributed by atoms with Crippen molar-refractivity contribution in [2.75, 3.05) is 0 Å². The summed E-state index contributed by atoms with van der Waals surface area (Å²) in [4.78, 5) is 16.7. The third-order valence-corrected chi connectivity index (χ3v) is 3.84. The Bertz CT molecular complexity index is 480. The molecule has 2 rings (SSSR count). The maximum atomic E-state index is 12.2. The lowest BCUT2D eigenvalue weighted by Gasteiger charge is -2.29. The van der Waals surface area contributed by atoms with Crippen LogP contribution in [0.15, 0.2) is 0 Å². The largest absolute Gasteiger partial charge is 0.350 e. The number of hydrogen-bond acceptors (Lipinski definition) is 4. The molecule has 0 saturated carbocycles. The summed E-state index contributed by atoms with van der Waals surface area (Å²) in [5.41, 5.74) is 5.28. The molecule has 1 amide bonds. The molecule has 1 aromatic heterocycles. The highest BCUT2D eigenvalue weighted by atomic mass is 16.2. The number of aryl methyl sites for hydroxylation is 2. The molecule has 6 heteroatoms. The number of fused-ring (bicyclic) bond motifs is 1. The summed E-state index contributed by atoms with van der Waals surface area (Å²) in [5, 5.41) is 7.51. The number of amides is 1. The Morgan fingerprint density at radius 1 is 1.55 bits per heavy atom. The van der Waals surface area contributed by atoms with Gasteiger partial charge in [0.15, 0.2) is 5.82 Å². The van der Waals surface area contributed by atoms with Gasteiger partial charge in [0, 0.05) is 18.9 Å². The number of hydrogen-bond donors (Lipinski definition) is 2. The zero-order chi connectivity index (χ0) is 14.8. The fourth-order valence-corrected chi connectivity index (χ4v) is 2.61. The van der Waals surface area contributed by atoms with Gasteiger partial charge in [-0.05, 0) is 19.8 Å². The number of aromatic nitrogens is 3. The molecule has 2 heterocycles. The molecule has 0 aliphatic carbocycles. The standard InChI is InChI=1S/C14H25N5O/c1-4-8-14(3,15)13(20)16-10-6-7-12-17-11(5-2)18-19(12)9-10/h10H,4-9,15H2,1-3H3,(H,16,20). The van der Waals surface area contributed by atoms with Gasteiger partial charge in [0.2, 0.25) is 5.91 Å². The van der Waals surface area contributed by atoms with Crippen molar-refractivity contribution < 1.29 is 4.79 Å². The molecule has 2 unspecified atom stereocenters. The van der Waals surface area contributed by atoms with Gasteiger partial charge in [-0.15, -0.1) is 0 Å². The predicted octanol–water partition coefficient (Wildman–Crippen LogP) is 0.789. The first kappa shape index (κ1) is 15.0. The van der Waals surface area contributed by atoms with Crippen molar-refractivity contribution in [2.45, 2.75) is 71.0 Å². The summed E-state index contributed by atoms with van der Waals surface area (Å²) in [7, 11) is 0. The molecule has 0 aromatic carbocycles. The third-order valence-electron chi connectivity index (χ3n) is 3.84. The zero-order valence-electron chi connectivity index (χ0n) is 12.6. The van der Waals surface area contributed by atoms with Crippen LogP contribution in [0, 0.1) is 0 Å². The van der Waals surface area contributed by atoms with Gasteiger partial charge in [-0.25, -0.2) is 9.67 Å². The van der Waals surface area contributed by atoms with Gasteiger partial charge >= 0.3 is 0 Å². The Labute approximate surface area is 120 Å². The van der Waals surface area contributed by atoms with Gasteiger partial charge in [-0.3, -0.25) is 4.79 Å². The van der Waals surface area contributed by atoms with Crippen molar-refractivity contribution in [3.8, 4) is 0 Å². The molecular formula is C14H25N5O. The number of carbonyl (C=O) groups excluding carboxylic acids is 1. The topological polar surface area (TPSA) is 85.8 Å². The van der Waals surface area contributed by atoms with Crippen molar-refractivity contribution in [1.82, 2.24) is 20.1 Å². The van der Waals surface area contributed by atoms with Crippen molar-refractivity contribution in [3.63, 3.8) is 0 Å². The van der Waals surface area contributed by atoms with Crippen LogP contribution in [0.25, 0.3) is 0 Å². The fourth-order valence-electron chi connectivity index (χ4n) is 2.61. The minimum Gasteiger partial charge on any atom is -0.350 e. The molecule has 1 aliphatic rings. The number of nitrogens with one attached hydrogen (secondary N) is 1. The maximum Gasteiger partial charge on any atom is 0.240 e. The first-order valence-corrected chi connectivity index (χ1v) is 7.48. The average molecular weight is 279 g/mol. The summed E-state index contributed by atoms with van der Waals surface area (Å²) in [5.74, 6) is 1.83. The monoisotopic (exact) mass is 279 g/mol. The van der Waals surface area contributed by atoms with Crippen LogP contribution < -0.4 is 11.1 Å². The zero-order valence-corrected chi connectivity index (χ0v) is 12.6. The number of nitrogens with two attached hydrogens (primary N) is 1. The second-order valence-corrected chi connectivity index (χ2v) is 5.86. The fraction of sp³-hybridized carbons (Fsp3) is 0.786. The molecule has 0 fully saturated rings. The highest BCUT2D eigenvalue weighted by Gasteiger charge is 2.30. The molecule has 1 aromatic rings. The van der Waals surface area contributed by atoms with Crippen LogP contribution in [-0.4, -0.2) is 32.3 Å². The lowest BCUT2D eigenvalue weighted by Crippen LogP contribution is -2.55. The van der Waals surface area contributed by atoms with Gasteiger partial charge in [0.25, 0.3) is 0 Å². The van der Waals surface area contributed by atoms with Crippen LogP contribution >= 0.6 is 0 Å². The van der Waals surface area contributed by atoms with E-state index in [1.165, 1.54) is 0 Å². The normalized spacial score (nSPS) is 21.1. The minimum atomic E-state index is -0.786. The molecule has 3 N–H and O–H groups in total. The molecule has 0 bridgehead atoms. The van der Waals surface area contributed by atoms with E-state index in [1.807, 2.05) is 18.5 Å². The van der Waals surface area contributed by atoms with Crippen molar-refractivity contribution in [1.29, 1.82) is 0 Å². The average Bonchev–Trinajstić information content (AvgIpc) is 2.80. The van der Waals surface area contributed by atoms with Gasteiger partial charge in [0.1, 0.15) is 5.82 Å². The number of carbonyl (C=O) groups is 1. The van der Waals surface area contributed by atoms with Gasteiger partial charge in [0.05, 0.1) is 12.1 Å². The summed E-state index contributed by atoms with van der Waals surface area (Å²) in [6.07, 6.45) is 4.19. The summed E-state index contributed by atoms with van der Waals surface area (Å²) < 4.78 is 1.92. The molecule has 112 valence electrons. The third kappa shape index (κ3) is 3.17. The van der Waals surface area contributed by atoms with E-state index in [0.29, 0.717) is 13.0 Å². The quantitative estimate of drug-likeness (QED) is 0.834. The van der Waals surface area contributed by atoms with Crippen LogP contribution in [0.5, 0.6) is 0 Å². The summed E-state index contributed by atoms with van der Waals surface area (Å²) in [6.45, 7) is 6.57. The first-order chi connectivity index (χ1) is 9.46. The molecule has 0 saturated heterocycles.